The second-order valence-electron chi connectivity index (χ2n) is 2.25. The highest BCUT2D eigenvalue weighted by atomic mass is 19.3. The van der Waals surface area contributed by atoms with Gasteiger partial charge in [-0.15, -0.1) is 0 Å². The molecule has 1 heterocycles. The minimum Gasteiger partial charge on any atom is -0.503 e. The van der Waals surface area contributed by atoms with Gasteiger partial charge in [0.1, 0.15) is 5.56 Å². The Hall–Kier alpha value is -1.59. The molecule has 0 unspecified atom stereocenters. The molecule has 0 amide bonds. The van der Waals surface area contributed by atoms with E-state index >= 15 is 0 Å². The molecule has 2 N–H and O–H groups in total. The van der Waals surface area contributed by atoms with E-state index in [-0.39, 0.29) is 0 Å². The summed E-state index contributed by atoms with van der Waals surface area (Å²) in [6.45, 7) is 0. The van der Waals surface area contributed by atoms with Gasteiger partial charge in [0.05, 0.1) is 7.11 Å². The van der Waals surface area contributed by atoms with Gasteiger partial charge in [0.25, 0.3) is 12.0 Å². The fourth-order valence-electron chi connectivity index (χ4n) is 0.931. The molecule has 0 aliphatic carbocycles. The number of pyridine rings is 1. The predicted octanol–water partition coefficient (Wildman–Crippen LogP) is 1.03. The average Bonchev–Trinajstić information content (AvgIpc) is 2.07. The number of rotatable bonds is 2. The molecular weight excluding hydrogens is 184 g/mol. The van der Waals surface area contributed by atoms with Crippen molar-refractivity contribution in [1.29, 1.82) is 0 Å². The third kappa shape index (κ3) is 1.61. The van der Waals surface area contributed by atoms with E-state index in [0.717, 1.165) is 13.3 Å². The van der Waals surface area contributed by atoms with Crippen molar-refractivity contribution in [3.8, 4) is 11.5 Å². The average molecular weight is 191 g/mol. The Morgan fingerprint density at radius 1 is 1.62 bits per heavy atom. The van der Waals surface area contributed by atoms with Crippen molar-refractivity contribution in [2.24, 2.45) is 0 Å². The van der Waals surface area contributed by atoms with Gasteiger partial charge in [-0.2, -0.15) is 0 Å². The first-order chi connectivity index (χ1) is 6.07. The highest BCUT2D eigenvalue weighted by Gasteiger charge is 2.21. The van der Waals surface area contributed by atoms with E-state index in [1.54, 1.807) is 0 Å². The van der Waals surface area contributed by atoms with Gasteiger partial charge in [0.2, 0.25) is 0 Å². The molecule has 0 atom stereocenters. The van der Waals surface area contributed by atoms with Crippen LogP contribution in [0, 0.1) is 0 Å². The van der Waals surface area contributed by atoms with Gasteiger partial charge >= 0.3 is 0 Å². The third-order valence-corrected chi connectivity index (χ3v) is 1.48. The number of hydrogen-bond donors (Lipinski definition) is 2. The van der Waals surface area contributed by atoms with E-state index in [1.165, 1.54) is 0 Å². The molecule has 0 spiro atoms. The van der Waals surface area contributed by atoms with Crippen LogP contribution in [-0.2, 0) is 0 Å². The zero-order valence-corrected chi connectivity index (χ0v) is 6.67. The van der Waals surface area contributed by atoms with E-state index in [1.807, 2.05) is 4.98 Å². The van der Waals surface area contributed by atoms with E-state index in [0.29, 0.717) is 0 Å². The van der Waals surface area contributed by atoms with Crippen molar-refractivity contribution in [3.63, 3.8) is 0 Å². The molecule has 72 valence electrons. The molecule has 0 aliphatic heterocycles. The minimum atomic E-state index is -2.98. The lowest BCUT2D eigenvalue weighted by molar-refractivity contribution is 0.144. The SMILES string of the molecule is COc1c(O)c[nH]c(=O)c1C(F)F. The summed E-state index contributed by atoms with van der Waals surface area (Å²) in [7, 11) is 1.10. The Morgan fingerprint density at radius 3 is 2.62 bits per heavy atom. The number of halogens is 2. The maximum atomic E-state index is 12.2. The number of ether oxygens (including phenoxy) is 1. The molecule has 0 bridgehead atoms. The van der Waals surface area contributed by atoms with E-state index in [4.69, 9.17) is 5.11 Å². The molecule has 0 saturated carbocycles. The minimum absolute atomic E-state index is 0.487. The van der Waals surface area contributed by atoms with Crippen LogP contribution in [0.3, 0.4) is 0 Å². The predicted molar refractivity (Wildman–Crippen MR) is 40.2 cm³/mol. The number of aromatic nitrogens is 1. The highest BCUT2D eigenvalue weighted by molar-refractivity contribution is 5.43. The maximum Gasteiger partial charge on any atom is 0.272 e. The second kappa shape index (κ2) is 3.42. The smallest absolute Gasteiger partial charge is 0.272 e. The summed E-state index contributed by atoms with van der Waals surface area (Å²) in [6, 6.07) is 0. The zero-order valence-electron chi connectivity index (χ0n) is 6.67. The largest absolute Gasteiger partial charge is 0.503 e. The topological polar surface area (TPSA) is 62.3 Å². The summed E-state index contributed by atoms with van der Waals surface area (Å²) in [4.78, 5) is 12.8. The molecular formula is C7H7F2NO3. The van der Waals surface area contributed by atoms with Crippen LogP contribution in [0.2, 0.25) is 0 Å². The molecule has 1 aromatic rings. The van der Waals surface area contributed by atoms with E-state index in [2.05, 4.69) is 4.74 Å². The summed E-state index contributed by atoms with van der Waals surface area (Å²) in [6.07, 6.45) is -2.08. The molecule has 1 rings (SSSR count). The normalized spacial score (nSPS) is 10.5. The molecule has 6 heteroatoms. The zero-order chi connectivity index (χ0) is 10.0. The lowest BCUT2D eigenvalue weighted by Gasteiger charge is -2.07. The van der Waals surface area contributed by atoms with Gasteiger partial charge in [-0.25, -0.2) is 8.78 Å². The molecule has 0 aromatic carbocycles. The number of aromatic amines is 1. The highest BCUT2D eigenvalue weighted by Crippen LogP contribution is 2.32. The Labute approximate surface area is 71.8 Å². The fourth-order valence-corrected chi connectivity index (χ4v) is 0.931. The quantitative estimate of drug-likeness (QED) is 0.733. The summed E-state index contributed by atoms with van der Waals surface area (Å²) < 4.78 is 29.0. The van der Waals surface area contributed by atoms with Gasteiger partial charge in [0.15, 0.2) is 11.5 Å². The van der Waals surface area contributed by atoms with Crippen LogP contribution in [0.25, 0.3) is 0 Å². The van der Waals surface area contributed by atoms with Gasteiger partial charge in [-0.3, -0.25) is 4.79 Å². The van der Waals surface area contributed by atoms with Gasteiger partial charge in [-0.05, 0) is 0 Å². The Balaban J connectivity index is 3.44. The van der Waals surface area contributed by atoms with Crippen molar-refractivity contribution in [2.75, 3.05) is 7.11 Å². The first kappa shape index (κ1) is 9.50. The number of H-pyrrole nitrogens is 1. The Morgan fingerprint density at radius 2 is 2.23 bits per heavy atom. The van der Waals surface area contributed by atoms with Gasteiger partial charge in [0, 0.05) is 6.20 Å². The Kier molecular flexibility index (Phi) is 2.50. The van der Waals surface area contributed by atoms with Crippen molar-refractivity contribution in [1.82, 2.24) is 4.98 Å². The number of aromatic hydroxyl groups is 1. The third-order valence-electron chi connectivity index (χ3n) is 1.48. The van der Waals surface area contributed by atoms with Crippen molar-refractivity contribution >= 4 is 0 Å². The molecule has 0 fully saturated rings. The monoisotopic (exact) mass is 191 g/mol. The molecule has 1 aromatic heterocycles. The lowest BCUT2D eigenvalue weighted by atomic mass is 10.2. The van der Waals surface area contributed by atoms with Crippen molar-refractivity contribution in [3.05, 3.63) is 22.1 Å². The summed E-state index contributed by atoms with van der Waals surface area (Å²) in [5, 5.41) is 9.04. The van der Waals surface area contributed by atoms with Crippen LogP contribution in [0.15, 0.2) is 11.0 Å². The second-order valence-corrected chi connectivity index (χ2v) is 2.25. The van der Waals surface area contributed by atoms with Crippen LogP contribution in [0.4, 0.5) is 8.78 Å². The van der Waals surface area contributed by atoms with E-state index < -0.39 is 29.0 Å². The van der Waals surface area contributed by atoms with Crippen LogP contribution in [0.5, 0.6) is 11.5 Å². The van der Waals surface area contributed by atoms with Crippen LogP contribution in [0.1, 0.15) is 12.0 Å². The van der Waals surface area contributed by atoms with Crippen LogP contribution >= 0.6 is 0 Å². The van der Waals surface area contributed by atoms with E-state index in [9.17, 15) is 13.6 Å². The maximum absolute atomic E-state index is 12.2. The molecule has 0 radical (unpaired) electrons. The number of hydrogen-bond acceptors (Lipinski definition) is 3. The van der Waals surface area contributed by atoms with Crippen molar-refractivity contribution < 1.29 is 18.6 Å². The van der Waals surface area contributed by atoms with Crippen LogP contribution in [-0.4, -0.2) is 17.2 Å². The molecule has 13 heavy (non-hydrogen) atoms. The summed E-state index contributed by atoms with van der Waals surface area (Å²) in [5.74, 6) is -1.00. The molecule has 4 nitrogen and oxygen atoms in total. The summed E-state index contributed by atoms with van der Waals surface area (Å²) in [5.41, 5.74) is -1.83. The summed E-state index contributed by atoms with van der Waals surface area (Å²) >= 11 is 0. The number of methoxy groups -OCH3 is 1. The fraction of sp³-hybridized carbons (Fsp3) is 0.286. The first-order valence-corrected chi connectivity index (χ1v) is 3.34. The standard InChI is InChI=1S/C7H7F2NO3/c1-13-5-3(11)2-10-7(12)4(5)6(8)9/h2,6,11H,1H3,(H,10,12). The van der Waals surface area contributed by atoms with Crippen LogP contribution < -0.4 is 10.3 Å². The Bertz CT molecular complexity index is 361. The first-order valence-electron chi connectivity index (χ1n) is 3.34. The van der Waals surface area contributed by atoms with Gasteiger partial charge < -0.3 is 14.8 Å². The lowest BCUT2D eigenvalue weighted by Crippen LogP contribution is -2.13. The number of nitrogens with one attached hydrogen (secondary N) is 1. The van der Waals surface area contributed by atoms with Crippen molar-refractivity contribution in [2.45, 2.75) is 6.43 Å². The molecule has 0 saturated heterocycles. The number of alkyl halides is 2. The van der Waals surface area contributed by atoms with Gasteiger partial charge in [-0.1, -0.05) is 0 Å². The molecule has 0 aliphatic rings.